The highest BCUT2D eigenvalue weighted by atomic mass is 32.1. The Labute approximate surface area is 202 Å². The van der Waals surface area contributed by atoms with Gasteiger partial charge in [0, 0.05) is 18.0 Å². The average Bonchev–Trinajstić information content (AvgIpc) is 3.26. The normalized spacial score (nSPS) is 16.8. The summed E-state index contributed by atoms with van der Waals surface area (Å²) in [5.74, 6) is 0.894. The number of ether oxygens (including phenoxy) is 2. The maximum atomic E-state index is 13.4. The molecule has 1 aromatic carbocycles. The van der Waals surface area contributed by atoms with Gasteiger partial charge in [-0.1, -0.05) is 24.6 Å². The second-order valence-corrected chi connectivity index (χ2v) is 10.0. The number of nitrogens with zero attached hydrogens (tertiary/aromatic N) is 2. The maximum Gasteiger partial charge on any atom is 0.237 e. The molecule has 0 unspecified atom stereocenters. The summed E-state index contributed by atoms with van der Waals surface area (Å²) in [5.41, 5.74) is 2.38. The van der Waals surface area contributed by atoms with Crippen LogP contribution in [-0.2, 0) is 16.0 Å². The Balaban J connectivity index is 1.67. The maximum absolute atomic E-state index is 13.4. The van der Waals surface area contributed by atoms with E-state index in [1.54, 1.807) is 11.3 Å². The number of fused-ring (bicyclic) bond motifs is 1. The molecule has 2 heterocycles. The number of amides is 1. The highest BCUT2D eigenvalue weighted by Crippen LogP contribution is 2.34. The van der Waals surface area contributed by atoms with Crippen molar-refractivity contribution >= 4 is 17.2 Å². The van der Waals surface area contributed by atoms with Crippen LogP contribution in [0.1, 0.15) is 49.2 Å². The van der Waals surface area contributed by atoms with Gasteiger partial charge in [-0.3, -0.25) is 9.69 Å². The first-order valence-corrected chi connectivity index (χ1v) is 12.8. The Morgan fingerprint density at radius 1 is 1.27 bits per heavy atom. The molecule has 0 radical (unpaired) electrons. The van der Waals surface area contributed by atoms with E-state index in [2.05, 4.69) is 25.3 Å². The van der Waals surface area contributed by atoms with E-state index in [0.717, 1.165) is 25.1 Å². The number of hydrogen-bond donors (Lipinski definition) is 1. The first-order chi connectivity index (χ1) is 15.9. The molecule has 3 rings (SSSR count). The first kappa shape index (κ1) is 25.7. The van der Waals surface area contributed by atoms with Gasteiger partial charge in [0.15, 0.2) is 0 Å². The van der Waals surface area contributed by atoms with Crippen molar-refractivity contribution in [1.82, 2.24) is 9.80 Å². The summed E-state index contributed by atoms with van der Waals surface area (Å²) in [5, 5.41) is 12.5. The predicted octanol–water partition coefficient (Wildman–Crippen LogP) is 4.06. The number of aliphatic hydroxyl groups is 1. The van der Waals surface area contributed by atoms with Crippen molar-refractivity contribution in [2.75, 3.05) is 39.4 Å². The molecule has 2 atom stereocenters. The second-order valence-electron chi connectivity index (χ2n) is 9.05. The number of benzene rings is 1. The van der Waals surface area contributed by atoms with E-state index in [1.165, 1.54) is 16.0 Å². The van der Waals surface area contributed by atoms with Crippen molar-refractivity contribution in [2.24, 2.45) is 0 Å². The highest BCUT2D eigenvalue weighted by Gasteiger charge is 2.33. The summed E-state index contributed by atoms with van der Waals surface area (Å²) in [6.07, 6.45) is 1.25. The molecule has 33 heavy (non-hydrogen) atoms. The van der Waals surface area contributed by atoms with Crippen LogP contribution in [0.3, 0.4) is 0 Å². The minimum absolute atomic E-state index is 0.0725. The van der Waals surface area contributed by atoms with E-state index >= 15 is 0 Å². The van der Waals surface area contributed by atoms with Crippen molar-refractivity contribution in [2.45, 2.75) is 58.8 Å². The molecular formula is C26H38N2O4S. The fourth-order valence-electron chi connectivity index (χ4n) is 4.17. The number of hydrogen-bond acceptors (Lipinski definition) is 6. The summed E-state index contributed by atoms with van der Waals surface area (Å²) in [7, 11) is 0. The smallest absolute Gasteiger partial charge is 0.237 e. The molecule has 0 fully saturated rings. The standard InChI is InChI=1S/C26H38N2O4S/c1-5-12-27(15-21(29)17-31-19(2)3)16-26(30)28-13-10-25-23(11-14-33-25)24(28)18-32-22-8-6-20(4)7-9-22/h6-9,11,14,19,21,24,29H,5,10,12-13,15-18H2,1-4H3/t21-,24+/m0/s1. The monoisotopic (exact) mass is 474 g/mol. The SMILES string of the molecule is CCCN(CC(=O)N1CCc2sccc2[C@H]1COc1ccc(C)cc1)C[C@H](O)COC(C)C. The fourth-order valence-corrected chi connectivity index (χ4v) is 5.10. The van der Waals surface area contributed by atoms with E-state index in [1.807, 2.05) is 47.9 Å². The van der Waals surface area contributed by atoms with Gasteiger partial charge >= 0.3 is 0 Å². The zero-order valence-electron chi connectivity index (χ0n) is 20.3. The Kier molecular flexibility index (Phi) is 9.74. The van der Waals surface area contributed by atoms with Crippen molar-refractivity contribution in [3.05, 3.63) is 51.7 Å². The third-order valence-electron chi connectivity index (χ3n) is 5.83. The molecule has 6 nitrogen and oxygen atoms in total. The van der Waals surface area contributed by atoms with Gasteiger partial charge in [-0.05, 0) is 69.3 Å². The summed E-state index contributed by atoms with van der Waals surface area (Å²) >= 11 is 1.75. The molecule has 0 bridgehead atoms. The number of aryl methyl sites for hydroxylation is 1. The molecule has 0 saturated heterocycles. The molecular weight excluding hydrogens is 436 g/mol. The Morgan fingerprint density at radius 2 is 2.03 bits per heavy atom. The van der Waals surface area contributed by atoms with Gasteiger partial charge in [-0.25, -0.2) is 0 Å². The van der Waals surface area contributed by atoms with Crippen LogP contribution in [0.15, 0.2) is 35.7 Å². The predicted molar refractivity (Wildman–Crippen MR) is 133 cm³/mol. The van der Waals surface area contributed by atoms with E-state index in [9.17, 15) is 9.90 Å². The molecule has 1 aliphatic rings. The highest BCUT2D eigenvalue weighted by molar-refractivity contribution is 7.10. The van der Waals surface area contributed by atoms with Crippen LogP contribution in [-0.4, -0.2) is 72.4 Å². The molecule has 1 amide bonds. The lowest BCUT2D eigenvalue weighted by molar-refractivity contribution is -0.136. The van der Waals surface area contributed by atoms with Gasteiger partial charge in [0.2, 0.25) is 5.91 Å². The van der Waals surface area contributed by atoms with E-state index in [4.69, 9.17) is 9.47 Å². The zero-order chi connectivity index (χ0) is 23.8. The lowest BCUT2D eigenvalue weighted by Gasteiger charge is -2.37. The number of thiophene rings is 1. The van der Waals surface area contributed by atoms with Crippen molar-refractivity contribution in [3.63, 3.8) is 0 Å². The zero-order valence-corrected chi connectivity index (χ0v) is 21.1. The third kappa shape index (κ3) is 7.54. The minimum atomic E-state index is -0.614. The largest absolute Gasteiger partial charge is 0.491 e. The Bertz CT molecular complexity index is 867. The minimum Gasteiger partial charge on any atom is -0.491 e. The van der Waals surface area contributed by atoms with Gasteiger partial charge in [-0.2, -0.15) is 0 Å². The third-order valence-corrected chi connectivity index (χ3v) is 6.83. The second kappa shape index (κ2) is 12.5. The number of carbonyl (C=O) groups is 1. The van der Waals surface area contributed by atoms with Crippen LogP contribution in [0.5, 0.6) is 5.75 Å². The van der Waals surface area contributed by atoms with E-state index < -0.39 is 6.10 Å². The molecule has 0 saturated carbocycles. The molecule has 2 aromatic rings. The molecule has 1 N–H and O–H groups in total. The van der Waals surface area contributed by atoms with Crippen molar-refractivity contribution < 1.29 is 19.4 Å². The lowest BCUT2D eigenvalue weighted by Crippen LogP contribution is -2.48. The van der Waals surface area contributed by atoms with E-state index in [0.29, 0.717) is 19.7 Å². The van der Waals surface area contributed by atoms with Crippen LogP contribution in [0.2, 0.25) is 0 Å². The molecule has 182 valence electrons. The number of aliphatic hydroxyl groups excluding tert-OH is 1. The Hall–Kier alpha value is -1.93. The van der Waals surface area contributed by atoms with Gasteiger partial charge in [-0.15, -0.1) is 11.3 Å². The number of rotatable bonds is 12. The van der Waals surface area contributed by atoms with Gasteiger partial charge in [0.05, 0.1) is 31.4 Å². The van der Waals surface area contributed by atoms with Crippen LogP contribution in [0, 0.1) is 6.92 Å². The van der Waals surface area contributed by atoms with Crippen molar-refractivity contribution in [3.8, 4) is 5.75 Å². The average molecular weight is 475 g/mol. The molecule has 7 heteroatoms. The van der Waals surface area contributed by atoms with Crippen LogP contribution < -0.4 is 4.74 Å². The van der Waals surface area contributed by atoms with Crippen LogP contribution in [0.4, 0.5) is 0 Å². The molecule has 1 aliphatic heterocycles. The van der Waals surface area contributed by atoms with Gasteiger partial charge in [0.1, 0.15) is 12.4 Å². The quantitative estimate of drug-likeness (QED) is 0.503. The molecule has 1 aromatic heterocycles. The fraction of sp³-hybridized carbons (Fsp3) is 0.577. The van der Waals surface area contributed by atoms with E-state index in [-0.39, 0.29) is 31.2 Å². The summed E-state index contributed by atoms with van der Waals surface area (Å²) in [4.78, 5) is 18.8. The molecule has 0 spiro atoms. The summed E-state index contributed by atoms with van der Waals surface area (Å²) in [6, 6.07) is 10.0. The van der Waals surface area contributed by atoms with Crippen LogP contribution in [0.25, 0.3) is 0 Å². The Morgan fingerprint density at radius 3 is 2.73 bits per heavy atom. The first-order valence-electron chi connectivity index (χ1n) is 11.9. The van der Waals surface area contributed by atoms with Crippen molar-refractivity contribution in [1.29, 1.82) is 0 Å². The topological polar surface area (TPSA) is 62.2 Å². The van der Waals surface area contributed by atoms with Crippen LogP contribution >= 0.6 is 11.3 Å². The lowest BCUT2D eigenvalue weighted by atomic mass is 10.0. The summed E-state index contributed by atoms with van der Waals surface area (Å²) < 4.78 is 11.7. The van der Waals surface area contributed by atoms with Gasteiger partial charge < -0.3 is 19.5 Å². The summed E-state index contributed by atoms with van der Waals surface area (Å²) in [6.45, 7) is 10.9. The molecule has 0 aliphatic carbocycles. The van der Waals surface area contributed by atoms with Gasteiger partial charge in [0.25, 0.3) is 0 Å². The number of carbonyl (C=O) groups excluding carboxylic acids is 1.